The normalized spacial score (nSPS) is 38.1. The fraction of sp³-hybridized carbons (Fsp3) is 0.895. The number of carbonyl (C=O) groups is 2. The summed E-state index contributed by atoms with van der Waals surface area (Å²) in [7, 11) is -3.70. The third-order valence-corrected chi connectivity index (χ3v) is 8.94. The Labute approximate surface area is 160 Å². The van der Waals surface area contributed by atoms with E-state index in [4.69, 9.17) is 13.7 Å². The van der Waals surface area contributed by atoms with E-state index in [1.807, 2.05) is 6.92 Å². The van der Waals surface area contributed by atoms with E-state index in [1.165, 1.54) is 0 Å². The second-order valence-electron chi connectivity index (χ2n) is 9.19. The Morgan fingerprint density at radius 1 is 1.19 bits per heavy atom. The highest BCUT2D eigenvalue weighted by Crippen LogP contribution is 2.55. The van der Waals surface area contributed by atoms with Crippen molar-refractivity contribution in [2.45, 2.75) is 88.8 Å². The van der Waals surface area contributed by atoms with Crippen molar-refractivity contribution in [3.05, 3.63) is 0 Å². The van der Waals surface area contributed by atoms with Gasteiger partial charge in [0.1, 0.15) is 11.4 Å². The summed E-state index contributed by atoms with van der Waals surface area (Å²) in [5, 5.41) is -0.772. The van der Waals surface area contributed by atoms with Gasteiger partial charge in [0.15, 0.2) is 0 Å². The van der Waals surface area contributed by atoms with E-state index < -0.39 is 44.4 Å². The van der Waals surface area contributed by atoms with E-state index in [0.717, 1.165) is 12.8 Å². The Kier molecular flexibility index (Phi) is 4.39. The molecule has 1 heterocycles. The SMILES string of the molecule is CCC(C)(C)C(=O)OC1(C(=O)OC2C3CC4OS(=O)(=O)C2C4C3)CCCC1. The maximum absolute atomic E-state index is 13.1. The van der Waals surface area contributed by atoms with Gasteiger partial charge < -0.3 is 9.47 Å². The molecule has 0 aromatic carbocycles. The summed E-state index contributed by atoms with van der Waals surface area (Å²) in [4.78, 5) is 25.7. The van der Waals surface area contributed by atoms with Crippen molar-refractivity contribution < 1.29 is 31.7 Å². The van der Waals surface area contributed by atoms with Crippen LogP contribution in [0.15, 0.2) is 0 Å². The fourth-order valence-electron chi connectivity index (χ4n) is 5.07. The Bertz CT molecular complexity index is 748. The molecule has 1 aliphatic heterocycles. The lowest BCUT2D eigenvalue weighted by Gasteiger charge is -2.33. The molecule has 2 bridgehead atoms. The topological polar surface area (TPSA) is 96.0 Å². The Balaban J connectivity index is 1.53. The first-order chi connectivity index (χ1) is 12.6. The molecule has 3 aliphatic carbocycles. The molecule has 27 heavy (non-hydrogen) atoms. The second kappa shape index (κ2) is 6.17. The molecule has 4 fully saturated rings. The molecule has 0 radical (unpaired) electrons. The largest absolute Gasteiger partial charge is 0.458 e. The summed E-state index contributed by atoms with van der Waals surface area (Å²) in [6.45, 7) is 5.49. The minimum Gasteiger partial charge on any atom is -0.458 e. The summed E-state index contributed by atoms with van der Waals surface area (Å²) < 4.78 is 41.4. The van der Waals surface area contributed by atoms with E-state index in [2.05, 4.69) is 0 Å². The van der Waals surface area contributed by atoms with Crippen LogP contribution < -0.4 is 0 Å². The van der Waals surface area contributed by atoms with Crippen LogP contribution in [0.1, 0.15) is 65.7 Å². The van der Waals surface area contributed by atoms with Crippen molar-refractivity contribution in [3.8, 4) is 0 Å². The molecule has 4 aliphatic rings. The van der Waals surface area contributed by atoms with E-state index in [0.29, 0.717) is 32.1 Å². The van der Waals surface area contributed by atoms with Crippen LogP contribution in [0, 0.1) is 17.3 Å². The summed E-state index contributed by atoms with van der Waals surface area (Å²) in [5.41, 5.74) is -1.97. The number of ether oxygens (including phenoxy) is 2. The smallest absolute Gasteiger partial charge is 0.350 e. The van der Waals surface area contributed by atoms with Crippen LogP contribution >= 0.6 is 0 Å². The fourth-order valence-corrected chi connectivity index (χ4v) is 7.09. The summed E-state index contributed by atoms with van der Waals surface area (Å²) in [6, 6.07) is 0. The molecule has 5 unspecified atom stereocenters. The molecule has 0 spiro atoms. The predicted molar refractivity (Wildman–Crippen MR) is 95.0 cm³/mol. The van der Waals surface area contributed by atoms with Gasteiger partial charge in [0.25, 0.3) is 10.1 Å². The minimum absolute atomic E-state index is 0.00691. The number of carbonyl (C=O) groups excluding carboxylic acids is 2. The predicted octanol–water partition coefficient (Wildman–Crippen LogP) is 2.33. The van der Waals surface area contributed by atoms with E-state index >= 15 is 0 Å². The van der Waals surface area contributed by atoms with Crippen LogP contribution in [0.25, 0.3) is 0 Å². The molecule has 0 aromatic rings. The number of fused-ring (bicyclic) bond motifs is 1. The molecule has 8 heteroatoms. The van der Waals surface area contributed by atoms with Gasteiger partial charge in [-0.1, -0.05) is 6.92 Å². The number of rotatable bonds is 5. The van der Waals surface area contributed by atoms with Crippen molar-refractivity contribution >= 4 is 22.1 Å². The van der Waals surface area contributed by atoms with Crippen molar-refractivity contribution in [2.24, 2.45) is 17.3 Å². The zero-order valence-electron chi connectivity index (χ0n) is 16.1. The first kappa shape index (κ1) is 19.2. The third kappa shape index (κ3) is 2.90. The summed E-state index contributed by atoms with van der Waals surface area (Å²) in [6.07, 6.45) is 3.37. The van der Waals surface area contributed by atoms with Gasteiger partial charge in [0.2, 0.25) is 5.60 Å². The Morgan fingerprint density at radius 3 is 2.48 bits per heavy atom. The molecule has 0 aromatic heterocycles. The van der Waals surface area contributed by atoms with Gasteiger partial charge in [-0.25, -0.2) is 4.79 Å². The molecule has 1 saturated heterocycles. The highest BCUT2D eigenvalue weighted by molar-refractivity contribution is 7.87. The molecule has 7 nitrogen and oxygen atoms in total. The lowest BCUT2D eigenvalue weighted by molar-refractivity contribution is -0.192. The molecular formula is C19H28O7S. The standard InChI is InChI=1S/C19H28O7S/c1-4-18(2,3)16(20)25-19(7-5-6-8-19)17(21)24-14-11-9-12-13(10-11)26-27(22,23)15(12)14/h11-15H,4-10H2,1-3H3. The maximum Gasteiger partial charge on any atom is 0.350 e. The maximum atomic E-state index is 13.1. The third-order valence-electron chi connectivity index (χ3n) is 7.14. The Morgan fingerprint density at radius 2 is 1.85 bits per heavy atom. The highest BCUT2D eigenvalue weighted by Gasteiger charge is 2.66. The highest BCUT2D eigenvalue weighted by atomic mass is 32.2. The molecule has 3 saturated carbocycles. The zero-order valence-corrected chi connectivity index (χ0v) is 16.9. The van der Waals surface area contributed by atoms with E-state index in [9.17, 15) is 18.0 Å². The molecule has 0 N–H and O–H groups in total. The van der Waals surface area contributed by atoms with Gasteiger partial charge in [0, 0.05) is 11.8 Å². The van der Waals surface area contributed by atoms with E-state index in [1.54, 1.807) is 13.8 Å². The van der Waals surface area contributed by atoms with Gasteiger partial charge in [-0.2, -0.15) is 8.42 Å². The minimum atomic E-state index is -3.70. The molecule has 0 amide bonds. The second-order valence-corrected chi connectivity index (χ2v) is 10.9. The van der Waals surface area contributed by atoms with Gasteiger partial charge in [-0.3, -0.25) is 8.98 Å². The quantitative estimate of drug-likeness (QED) is 0.516. The Hall–Kier alpha value is -1.15. The first-order valence-electron chi connectivity index (χ1n) is 9.96. The van der Waals surface area contributed by atoms with Crippen LogP contribution in [0.2, 0.25) is 0 Å². The van der Waals surface area contributed by atoms with Gasteiger partial charge >= 0.3 is 11.9 Å². The van der Waals surface area contributed by atoms with Gasteiger partial charge in [-0.05, 0) is 58.8 Å². The lowest BCUT2D eigenvalue weighted by Crippen LogP contribution is -2.49. The number of hydrogen-bond acceptors (Lipinski definition) is 7. The van der Waals surface area contributed by atoms with Crippen molar-refractivity contribution in [1.82, 2.24) is 0 Å². The molecule has 4 rings (SSSR count). The van der Waals surface area contributed by atoms with Crippen molar-refractivity contribution in [1.29, 1.82) is 0 Å². The van der Waals surface area contributed by atoms with Crippen molar-refractivity contribution in [2.75, 3.05) is 0 Å². The van der Waals surface area contributed by atoms with Crippen LogP contribution in [0.3, 0.4) is 0 Å². The van der Waals surface area contributed by atoms with Crippen LogP contribution in [0.4, 0.5) is 0 Å². The van der Waals surface area contributed by atoms with Gasteiger partial charge in [0.05, 0.1) is 11.5 Å². The molecular weight excluding hydrogens is 372 g/mol. The zero-order chi connectivity index (χ0) is 19.6. The first-order valence-corrected chi connectivity index (χ1v) is 11.4. The molecule has 152 valence electrons. The monoisotopic (exact) mass is 400 g/mol. The van der Waals surface area contributed by atoms with Crippen molar-refractivity contribution in [3.63, 3.8) is 0 Å². The summed E-state index contributed by atoms with van der Waals surface area (Å²) in [5.74, 6) is -1.07. The number of hydrogen-bond donors (Lipinski definition) is 0. The molecule has 5 atom stereocenters. The lowest BCUT2D eigenvalue weighted by atomic mass is 9.90. The van der Waals surface area contributed by atoms with Crippen LogP contribution in [-0.2, 0) is 33.4 Å². The number of esters is 2. The average Bonchev–Trinajstić information content (AvgIpc) is 3.31. The van der Waals surface area contributed by atoms with Gasteiger partial charge in [-0.15, -0.1) is 0 Å². The van der Waals surface area contributed by atoms with Crippen LogP contribution in [0.5, 0.6) is 0 Å². The summed E-state index contributed by atoms with van der Waals surface area (Å²) >= 11 is 0. The van der Waals surface area contributed by atoms with Crippen LogP contribution in [-0.4, -0.2) is 43.4 Å². The average molecular weight is 400 g/mol. The van der Waals surface area contributed by atoms with E-state index in [-0.39, 0.29) is 17.9 Å².